The number of hydrogen-bond donors (Lipinski definition) is 1. The van der Waals surface area contributed by atoms with E-state index in [0.29, 0.717) is 17.8 Å². The summed E-state index contributed by atoms with van der Waals surface area (Å²) < 4.78 is 82.6. The van der Waals surface area contributed by atoms with E-state index in [1.54, 1.807) is 24.4 Å². The molecule has 2 aromatic heterocycles. The molecule has 1 N–H and O–H groups in total. The Hall–Kier alpha value is -4.35. The van der Waals surface area contributed by atoms with Gasteiger partial charge in [-0.1, -0.05) is 24.3 Å². The third kappa shape index (κ3) is 7.29. The van der Waals surface area contributed by atoms with Gasteiger partial charge < -0.3 is 14.8 Å². The lowest BCUT2D eigenvalue weighted by atomic mass is 9.98. The van der Waals surface area contributed by atoms with Crippen molar-refractivity contribution < 1.29 is 35.9 Å². The van der Waals surface area contributed by atoms with Gasteiger partial charge in [-0.15, -0.1) is 0 Å². The van der Waals surface area contributed by atoms with Crippen LogP contribution in [-0.2, 0) is 37.2 Å². The second-order valence-corrected chi connectivity index (χ2v) is 9.99. The van der Waals surface area contributed by atoms with Crippen LogP contribution >= 0.6 is 0 Å². The topological polar surface area (TPSA) is 67.2 Å². The molecule has 1 unspecified atom stereocenters. The number of halogens is 6. The van der Waals surface area contributed by atoms with Gasteiger partial charge >= 0.3 is 12.4 Å². The first kappa shape index (κ1) is 30.6. The van der Waals surface area contributed by atoms with Gasteiger partial charge in [0.15, 0.2) is 0 Å². The molecule has 0 spiro atoms. The van der Waals surface area contributed by atoms with Crippen molar-refractivity contribution in [3.63, 3.8) is 0 Å². The molecule has 4 rings (SSSR count). The number of hydrogen-bond acceptors (Lipinski definition) is 3. The molecule has 0 radical (unpaired) electrons. The lowest BCUT2D eigenvalue weighted by Crippen LogP contribution is -2.39. The summed E-state index contributed by atoms with van der Waals surface area (Å²) in [5, 5.41) is 3.62. The number of para-hydroxylation sites is 1. The Morgan fingerprint density at radius 2 is 1.60 bits per heavy atom. The van der Waals surface area contributed by atoms with Crippen LogP contribution in [0.15, 0.2) is 73.1 Å². The minimum atomic E-state index is -5.09. The summed E-state index contributed by atoms with van der Waals surface area (Å²) in [6, 6.07) is 12.8. The Balaban J connectivity index is 1.62. The Morgan fingerprint density at radius 3 is 2.21 bits per heavy atom. The molecule has 0 fully saturated rings. The standard InChI is InChI=1S/C30H28F6N4O2/c1-39-18-20(25-8-3-4-9-26(25)39)15-24(10-11-27(41)38-17-23-7-5-6-12-37-23)40(2)28(42)19-13-21(29(31,32)33)16-22(14-19)30(34,35)36/h3-9,12-14,16,18,24H,10-11,15,17H2,1-2H3,(H,38,41). The minimum Gasteiger partial charge on any atom is -0.350 e. The van der Waals surface area contributed by atoms with Gasteiger partial charge in [0, 0.05) is 55.4 Å². The first-order chi connectivity index (χ1) is 19.7. The number of aromatic nitrogens is 2. The van der Waals surface area contributed by atoms with Crippen LogP contribution < -0.4 is 5.32 Å². The van der Waals surface area contributed by atoms with Gasteiger partial charge in [0.25, 0.3) is 5.91 Å². The molecule has 4 aromatic rings. The third-order valence-electron chi connectivity index (χ3n) is 7.04. The van der Waals surface area contributed by atoms with Crippen molar-refractivity contribution in [2.45, 2.75) is 44.2 Å². The number of fused-ring (bicyclic) bond motifs is 1. The molecule has 0 saturated carbocycles. The maximum Gasteiger partial charge on any atom is 0.416 e. The highest BCUT2D eigenvalue weighted by Crippen LogP contribution is 2.37. The van der Waals surface area contributed by atoms with Gasteiger partial charge in [0.2, 0.25) is 5.91 Å². The SMILES string of the molecule is CN(C(=O)c1cc(C(F)(F)F)cc(C(F)(F)F)c1)C(CCC(=O)NCc1ccccn1)Cc1cn(C)c2ccccc12. The molecule has 0 bridgehead atoms. The summed E-state index contributed by atoms with van der Waals surface area (Å²) in [7, 11) is 3.15. The molecular formula is C30H28F6N4O2. The number of alkyl halides is 6. The summed E-state index contributed by atoms with van der Waals surface area (Å²) in [5.74, 6) is -1.37. The maximum atomic E-state index is 13.5. The van der Waals surface area contributed by atoms with E-state index in [-0.39, 0.29) is 37.8 Å². The number of rotatable bonds is 9. The van der Waals surface area contributed by atoms with Crippen molar-refractivity contribution in [1.29, 1.82) is 0 Å². The number of aryl methyl sites for hydroxylation is 1. The molecule has 0 saturated heterocycles. The van der Waals surface area contributed by atoms with Crippen LogP contribution in [0.4, 0.5) is 26.3 Å². The number of carbonyl (C=O) groups excluding carboxylic acids is 2. The smallest absolute Gasteiger partial charge is 0.350 e. The van der Waals surface area contributed by atoms with E-state index in [2.05, 4.69) is 10.3 Å². The van der Waals surface area contributed by atoms with Crippen molar-refractivity contribution in [2.24, 2.45) is 7.05 Å². The molecule has 2 aromatic carbocycles. The number of pyridine rings is 1. The van der Waals surface area contributed by atoms with E-state index in [1.807, 2.05) is 42.1 Å². The Kier molecular flexibility index (Phi) is 8.93. The number of carbonyl (C=O) groups is 2. The lowest BCUT2D eigenvalue weighted by Gasteiger charge is -2.29. The largest absolute Gasteiger partial charge is 0.416 e. The van der Waals surface area contributed by atoms with Crippen LogP contribution in [0.25, 0.3) is 10.9 Å². The quantitative estimate of drug-likeness (QED) is 0.230. The average Bonchev–Trinajstić information content (AvgIpc) is 3.27. The molecule has 42 heavy (non-hydrogen) atoms. The number of amides is 2. The van der Waals surface area contributed by atoms with Crippen molar-refractivity contribution in [3.05, 3.63) is 101 Å². The predicted molar refractivity (Wildman–Crippen MR) is 144 cm³/mol. The zero-order valence-corrected chi connectivity index (χ0v) is 22.8. The predicted octanol–water partition coefficient (Wildman–Crippen LogP) is 6.39. The molecule has 0 aliphatic rings. The van der Waals surface area contributed by atoms with Gasteiger partial charge in [0.05, 0.1) is 23.4 Å². The van der Waals surface area contributed by atoms with E-state index in [1.165, 1.54) is 7.05 Å². The fraction of sp³-hybridized carbons (Fsp3) is 0.300. The first-order valence-corrected chi connectivity index (χ1v) is 13.0. The fourth-order valence-corrected chi connectivity index (χ4v) is 4.80. The highest BCUT2D eigenvalue weighted by Gasteiger charge is 2.38. The van der Waals surface area contributed by atoms with Crippen LogP contribution in [0.5, 0.6) is 0 Å². The van der Waals surface area contributed by atoms with Crippen molar-refractivity contribution in [1.82, 2.24) is 19.8 Å². The highest BCUT2D eigenvalue weighted by atomic mass is 19.4. The Morgan fingerprint density at radius 1 is 0.952 bits per heavy atom. The van der Waals surface area contributed by atoms with Gasteiger partial charge in [0.1, 0.15) is 0 Å². The fourth-order valence-electron chi connectivity index (χ4n) is 4.80. The van der Waals surface area contributed by atoms with Crippen LogP contribution in [0.3, 0.4) is 0 Å². The highest BCUT2D eigenvalue weighted by molar-refractivity contribution is 5.95. The number of nitrogens with one attached hydrogen (secondary N) is 1. The van der Waals surface area contributed by atoms with E-state index < -0.39 is 41.0 Å². The molecule has 222 valence electrons. The van der Waals surface area contributed by atoms with E-state index in [4.69, 9.17) is 0 Å². The second-order valence-electron chi connectivity index (χ2n) is 9.99. The third-order valence-corrected chi connectivity index (χ3v) is 7.04. The van der Waals surface area contributed by atoms with E-state index >= 15 is 0 Å². The van der Waals surface area contributed by atoms with E-state index in [0.717, 1.165) is 21.4 Å². The van der Waals surface area contributed by atoms with Crippen LogP contribution in [0.1, 0.15) is 45.6 Å². The van der Waals surface area contributed by atoms with Gasteiger partial charge in [-0.05, 0) is 54.8 Å². The van der Waals surface area contributed by atoms with Crippen LogP contribution in [-0.4, -0.2) is 39.4 Å². The molecule has 0 aliphatic heterocycles. The zero-order chi connectivity index (χ0) is 30.7. The molecule has 2 heterocycles. The Bertz CT molecular complexity index is 1530. The van der Waals surface area contributed by atoms with E-state index in [9.17, 15) is 35.9 Å². The second kappa shape index (κ2) is 12.3. The zero-order valence-electron chi connectivity index (χ0n) is 22.8. The summed E-state index contributed by atoms with van der Waals surface area (Å²) in [6.45, 7) is 0.173. The summed E-state index contributed by atoms with van der Waals surface area (Å²) in [4.78, 5) is 31.4. The number of benzene rings is 2. The summed E-state index contributed by atoms with van der Waals surface area (Å²) in [6.07, 6.45) is -6.49. The molecule has 0 aliphatic carbocycles. The first-order valence-electron chi connectivity index (χ1n) is 13.0. The lowest BCUT2D eigenvalue weighted by molar-refractivity contribution is -0.143. The number of nitrogens with zero attached hydrogens (tertiary/aromatic N) is 3. The van der Waals surface area contributed by atoms with Crippen molar-refractivity contribution in [3.8, 4) is 0 Å². The van der Waals surface area contributed by atoms with Crippen LogP contribution in [0, 0.1) is 0 Å². The maximum absolute atomic E-state index is 13.5. The summed E-state index contributed by atoms with van der Waals surface area (Å²) in [5.41, 5.74) is -1.55. The molecule has 12 heteroatoms. The monoisotopic (exact) mass is 590 g/mol. The minimum absolute atomic E-state index is 0.0176. The molecule has 6 nitrogen and oxygen atoms in total. The van der Waals surface area contributed by atoms with Crippen molar-refractivity contribution >= 4 is 22.7 Å². The molecule has 2 amide bonds. The van der Waals surface area contributed by atoms with Gasteiger partial charge in [-0.2, -0.15) is 26.3 Å². The normalized spacial score (nSPS) is 12.8. The van der Waals surface area contributed by atoms with Gasteiger partial charge in [-0.3, -0.25) is 14.6 Å². The Labute approximate surface area is 238 Å². The van der Waals surface area contributed by atoms with Crippen LogP contribution in [0.2, 0.25) is 0 Å². The molecule has 1 atom stereocenters. The van der Waals surface area contributed by atoms with Gasteiger partial charge in [-0.25, -0.2) is 0 Å². The van der Waals surface area contributed by atoms with Crippen molar-refractivity contribution in [2.75, 3.05) is 7.05 Å². The number of likely N-dealkylation sites (N-methyl/N-ethyl adjacent to an activating group) is 1. The molecular weight excluding hydrogens is 562 g/mol. The average molecular weight is 591 g/mol. The summed E-state index contributed by atoms with van der Waals surface area (Å²) >= 11 is 0.